The second-order valence-corrected chi connectivity index (χ2v) is 3.63. The molecule has 0 saturated heterocycles. The maximum absolute atomic E-state index is 2.30. The van der Waals surface area contributed by atoms with Crippen molar-refractivity contribution >= 4 is 10.8 Å². The van der Waals surface area contributed by atoms with Crippen molar-refractivity contribution in [3.63, 3.8) is 0 Å². The van der Waals surface area contributed by atoms with Crippen molar-refractivity contribution in [1.29, 1.82) is 0 Å². The standard InChI is InChI=1S/C12H10/c1-7-3-4-10-11(8(7)2)5-9-6-12(9)10/h3-6H,1-2H3. The average Bonchev–Trinajstić information content (AvgIpc) is 2.73. The minimum absolute atomic E-state index is 1.40. The Balaban J connectivity index is 2.55. The molecule has 0 nitrogen and oxygen atoms in total. The van der Waals surface area contributed by atoms with E-state index >= 15 is 0 Å². The number of aryl methyl sites for hydroxylation is 2. The van der Waals surface area contributed by atoms with Crippen LogP contribution in [0.25, 0.3) is 21.9 Å². The molecular weight excluding hydrogens is 144 g/mol. The third kappa shape index (κ3) is 0.585. The van der Waals surface area contributed by atoms with E-state index in [1.165, 1.54) is 33.0 Å². The first kappa shape index (κ1) is 6.24. The van der Waals surface area contributed by atoms with Gasteiger partial charge in [0.15, 0.2) is 0 Å². The average molecular weight is 154 g/mol. The zero-order valence-electron chi connectivity index (χ0n) is 7.31. The third-order valence-electron chi connectivity index (χ3n) is 2.90. The molecule has 3 rings (SSSR count). The summed E-state index contributed by atoms with van der Waals surface area (Å²) in [6, 6.07) is 8.99. The van der Waals surface area contributed by atoms with E-state index < -0.39 is 0 Å². The van der Waals surface area contributed by atoms with Crippen LogP contribution in [-0.4, -0.2) is 0 Å². The Labute approximate surface area is 71.8 Å². The van der Waals surface area contributed by atoms with Gasteiger partial charge in [0.2, 0.25) is 0 Å². The van der Waals surface area contributed by atoms with Crippen molar-refractivity contribution in [3.05, 3.63) is 35.4 Å². The number of hydrogen-bond acceptors (Lipinski definition) is 0. The topological polar surface area (TPSA) is 0 Å². The Kier molecular flexibility index (Phi) is 0.891. The molecule has 0 heteroatoms. The molecule has 2 aliphatic carbocycles. The van der Waals surface area contributed by atoms with E-state index in [-0.39, 0.29) is 0 Å². The Hall–Kier alpha value is -1.30. The van der Waals surface area contributed by atoms with Gasteiger partial charge in [-0.1, -0.05) is 12.1 Å². The Morgan fingerprint density at radius 2 is 1.75 bits per heavy atom. The summed E-state index contributed by atoms with van der Waals surface area (Å²) in [5.41, 5.74) is 5.74. The van der Waals surface area contributed by atoms with Gasteiger partial charge in [0, 0.05) is 0 Å². The van der Waals surface area contributed by atoms with Gasteiger partial charge in [-0.25, -0.2) is 0 Å². The number of hydrogen-bond donors (Lipinski definition) is 0. The lowest BCUT2D eigenvalue weighted by Gasteiger charge is -2.00. The molecule has 0 radical (unpaired) electrons. The maximum atomic E-state index is 2.30. The summed E-state index contributed by atoms with van der Waals surface area (Å²) >= 11 is 0. The second kappa shape index (κ2) is 1.71. The van der Waals surface area contributed by atoms with Crippen LogP contribution in [-0.2, 0) is 0 Å². The van der Waals surface area contributed by atoms with Gasteiger partial charge < -0.3 is 0 Å². The lowest BCUT2D eigenvalue weighted by atomic mass is 10.0. The molecule has 0 N–H and O–H groups in total. The van der Waals surface area contributed by atoms with Crippen molar-refractivity contribution in [1.82, 2.24) is 0 Å². The highest BCUT2D eigenvalue weighted by atomic mass is 14.2. The predicted octanol–water partition coefficient (Wildman–Crippen LogP) is 3.44. The summed E-state index contributed by atoms with van der Waals surface area (Å²) in [7, 11) is 0. The summed E-state index contributed by atoms with van der Waals surface area (Å²) in [4.78, 5) is 0. The molecular formula is C12H10. The van der Waals surface area contributed by atoms with Crippen LogP contribution in [0.15, 0.2) is 24.3 Å². The van der Waals surface area contributed by atoms with Crippen molar-refractivity contribution in [2.24, 2.45) is 0 Å². The van der Waals surface area contributed by atoms with Crippen LogP contribution in [0.1, 0.15) is 11.1 Å². The van der Waals surface area contributed by atoms with Crippen molar-refractivity contribution < 1.29 is 0 Å². The van der Waals surface area contributed by atoms with Crippen LogP contribution in [0.2, 0.25) is 0 Å². The van der Waals surface area contributed by atoms with Crippen molar-refractivity contribution in [2.75, 3.05) is 0 Å². The van der Waals surface area contributed by atoms with Gasteiger partial charge in [0.05, 0.1) is 0 Å². The summed E-state index contributed by atoms with van der Waals surface area (Å²) in [6.45, 7) is 4.38. The van der Waals surface area contributed by atoms with Crippen molar-refractivity contribution in [3.8, 4) is 11.1 Å². The van der Waals surface area contributed by atoms with E-state index in [0.29, 0.717) is 0 Å². The summed E-state index contributed by atoms with van der Waals surface area (Å²) in [5, 5.41) is 2.88. The summed E-state index contributed by atoms with van der Waals surface area (Å²) in [6.07, 6.45) is 0. The first-order chi connectivity index (χ1) is 5.77. The molecule has 0 aromatic heterocycles. The van der Waals surface area contributed by atoms with Crippen LogP contribution < -0.4 is 0 Å². The van der Waals surface area contributed by atoms with E-state index in [1.54, 1.807) is 0 Å². The van der Waals surface area contributed by atoms with Gasteiger partial charge in [-0.15, -0.1) is 0 Å². The Bertz CT molecular complexity index is 493. The molecule has 2 aliphatic rings. The zero-order chi connectivity index (χ0) is 8.29. The molecule has 1 aromatic carbocycles. The highest BCUT2D eigenvalue weighted by Gasteiger charge is 2.18. The number of rotatable bonds is 0. The minimum atomic E-state index is 1.40. The zero-order valence-corrected chi connectivity index (χ0v) is 7.31. The van der Waals surface area contributed by atoms with E-state index in [2.05, 4.69) is 38.1 Å². The first-order valence-corrected chi connectivity index (χ1v) is 4.32. The summed E-state index contributed by atoms with van der Waals surface area (Å²) in [5.74, 6) is 0. The molecule has 12 heavy (non-hydrogen) atoms. The van der Waals surface area contributed by atoms with Gasteiger partial charge >= 0.3 is 0 Å². The quantitative estimate of drug-likeness (QED) is 0.465. The largest absolute Gasteiger partial charge is 0.0584 e. The molecule has 0 spiro atoms. The second-order valence-electron chi connectivity index (χ2n) is 3.63. The molecule has 0 aliphatic heterocycles. The van der Waals surface area contributed by atoms with Gasteiger partial charge in [-0.2, -0.15) is 0 Å². The Morgan fingerprint density at radius 1 is 0.917 bits per heavy atom. The highest BCUT2D eigenvalue weighted by Crippen LogP contribution is 2.44. The fraction of sp³-hybridized carbons (Fsp3) is 0.167. The van der Waals surface area contributed by atoms with Crippen LogP contribution in [0.5, 0.6) is 0 Å². The van der Waals surface area contributed by atoms with E-state index in [9.17, 15) is 0 Å². The molecule has 0 saturated carbocycles. The van der Waals surface area contributed by atoms with Gasteiger partial charge in [-0.05, 0) is 59.0 Å². The molecule has 0 atom stereocenters. The van der Waals surface area contributed by atoms with Gasteiger partial charge in [0.25, 0.3) is 0 Å². The fourth-order valence-electron chi connectivity index (χ4n) is 1.89. The lowest BCUT2D eigenvalue weighted by molar-refractivity contribution is 1.39. The van der Waals surface area contributed by atoms with Gasteiger partial charge in [0.1, 0.15) is 0 Å². The lowest BCUT2D eigenvalue weighted by Crippen LogP contribution is -1.79. The van der Waals surface area contributed by atoms with Crippen LogP contribution in [0, 0.1) is 13.8 Å². The first-order valence-electron chi connectivity index (χ1n) is 4.32. The molecule has 1 aromatic rings. The molecule has 58 valence electrons. The molecule has 0 heterocycles. The SMILES string of the molecule is Cc1ccc2c3cc-3cc2c1C. The monoisotopic (exact) mass is 154 g/mol. The predicted molar refractivity (Wildman–Crippen MR) is 52.4 cm³/mol. The maximum Gasteiger partial charge on any atom is -0.00987 e. The molecule has 0 bridgehead atoms. The third-order valence-corrected chi connectivity index (χ3v) is 2.90. The number of benzene rings is 2. The molecule has 0 fully saturated rings. The molecule has 0 amide bonds. The van der Waals surface area contributed by atoms with E-state index in [4.69, 9.17) is 0 Å². The van der Waals surface area contributed by atoms with Gasteiger partial charge in [-0.3, -0.25) is 0 Å². The van der Waals surface area contributed by atoms with Crippen LogP contribution in [0.3, 0.4) is 0 Å². The van der Waals surface area contributed by atoms with Crippen LogP contribution in [0.4, 0.5) is 0 Å². The normalized spacial score (nSPS) is 12.2. The smallest absolute Gasteiger partial charge is 0.00987 e. The Morgan fingerprint density at radius 3 is 2.58 bits per heavy atom. The highest BCUT2D eigenvalue weighted by molar-refractivity contribution is 6.10. The minimum Gasteiger partial charge on any atom is -0.0584 e. The van der Waals surface area contributed by atoms with E-state index in [1.807, 2.05) is 0 Å². The molecule has 0 unspecified atom stereocenters. The van der Waals surface area contributed by atoms with Crippen LogP contribution >= 0.6 is 0 Å². The van der Waals surface area contributed by atoms with Crippen molar-refractivity contribution in [2.45, 2.75) is 13.8 Å². The number of fused-ring (bicyclic) bond motifs is 3. The summed E-state index contributed by atoms with van der Waals surface area (Å²) < 4.78 is 0. The van der Waals surface area contributed by atoms with E-state index in [0.717, 1.165) is 0 Å². The fourth-order valence-corrected chi connectivity index (χ4v) is 1.89.